The number of rotatable bonds is 5. The third-order valence-corrected chi connectivity index (χ3v) is 4.93. The third kappa shape index (κ3) is 4.13. The molecule has 146 valence electrons. The number of likely N-dealkylation sites (tertiary alicyclic amines) is 1. The maximum Gasteiger partial charge on any atom is 0.410 e. The predicted molar refractivity (Wildman–Crippen MR) is 106 cm³/mol. The zero-order valence-corrected chi connectivity index (χ0v) is 15.5. The quantitative estimate of drug-likeness (QED) is 0.620. The van der Waals surface area contributed by atoms with Gasteiger partial charge in [-0.25, -0.2) is 9.78 Å². The second kappa shape index (κ2) is 8.12. The first kappa shape index (κ1) is 18.0. The molecule has 1 amide bonds. The highest BCUT2D eigenvalue weighted by Crippen LogP contribution is 2.21. The van der Waals surface area contributed by atoms with E-state index in [4.69, 9.17) is 10.5 Å². The first-order chi connectivity index (χ1) is 13.7. The van der Waals surface area contributed by atoms with Gasteiger partial charge in [0.25, 0.3) is 0 Å². The van der Waals surface area contributed by atoms with Crippen molar-refractivity contribution < 1.29 is 9.53 Å². The van der Waals surface area contributed by atoms with E-state index in [1.165, 1.54) is 0 Å². The number of fused-ring (bicyclic) bond motifs is 1. The summed E-state index contributed by atoms with van der Waals surface area (Å²) >= 11 is 0. The summed E-state index contributed by atoms with van der Waals surface area (Å²) < 4.78 is 5.41. The topological polar surface area (TPSA) is 122 Å². The van der Waals surface area contributed by atoms with Gasteiger partial charge in [-0.3, -0.25) is 0 Å². The van der Waals surface area contributed by atoms with E-state index in [9.17, 15) is 4.79 Å². The van der Waals surface area contributed by atoms with Crippen molar-refractivity contribution in [2.75, 3.05) is 30.7 Å². The van der Waals surface area contributed by atoms with Crippen molar-refractivity contribution in [3.05, 3.63) is 42.2 Å². The van der Waals surface area contributed by atoms with Crippen LogP contribution in [0.2, 0.25) is 0 Å². The van der Waals surface area contributed by atoms with E-state index in [0.717, 1.165) is 24.9 Å². The number of piperidine rings is 1. The monoisotopic (exact) mass is 381 g/mol. The summed E-state index contributed by atoms with van der Waals surface area (Å²) in [7, 11) is 0. The minimum absolute atomic E-state index is 0.204. The van der Waals surface area contributed by atoms with Crippen LogP contribution in [-0.2, 0) is 11.3 Å². The predicted octanol–water partition coefficient (Wildman–Crippen LogP) is 2.40. The van der Waals surface area contributed by atoms with Gasteiger partial charge in [-0.2, -0.15) is 9.97 Å². The molecule has 1 aromatic carbocycles. The molecule has 3 heterocycles. The molecule has 2 aromatic heterocycles. The molecule has 1 saturated heterocycles. The third-order valence-electron chi connectivity index (χ3n) is 4.93. The van der Waals surface area contributed by atoms with E-state index in [1.807, 2.05) is 30.3 Å². The second-order valence-electron chi connectivity index (χ2n) is 6.88. The molecule has 4 rings (SSSR count). The first-order valence-electron chi connectivity index (χ1n) is 9.35. The Bertz CT molecular complexity index is 936. The molecule has 1 aliphatic heterocycles. The molecule has 1 aliphatic rings. The molecule has 0 spiro atoms. The normalized spacial score (nSPS) is 14.9. The van der Waals surface area contributed by atoms with Gasteiger partial charge in [0, 0.05) is 19.6 Å². The van der Waals surface area contributed by atoms with Gasteiger partial charge >= 0.3 is 6.09 Å². The second-order valence-corrected chi connectivity index (χ2v) is 6.88. The Morgan fingerprint density at radius 3 is 2.82 bits per heavy atom. The van der Waals surface area contributed by atoms with Gasteiger partial charge in [0.15, 0.2) is 11.5 Å². The lowest BCUT2D eigenvalue weighted by atomic mass is 9.97. The molecule has 9 heteroatoms. The van der Waals surface area contributed by atoms with Crippen LogP contribution in [0.1, 0.15) is 18.4 Å². The van der Waals surface area contributed by atoms with Crippen molar-refractivity contribution in [2.45, 2.75) is 19.4 Å². The number of nitrogen functional groups attached to an aromatic ring is 1. The number of H-pyrrole nitrogens is 1. The van der Waals surface area contributed by atoms with Crippen molar-refractivity contribution in [3.63, 3.8) is 0 Å². The largest absolute Gasteiger partial charge is 0.445 e. The average Bonchev–Trinajstić information content (AvgIpc) is 3.20. The van der Waals surface area contributed by atoms with E-state index >= 15 is 0 Å². The number of benzene rings is 1. The number of amides is 1. The molecule has 4 N–H and O–H groups in total. The Balaban J connectivity index is 1.25. The molecule has 0 unspecified atom stereocenters. The van der Waals surface area contributed by atoms with E-state index in [-0.39, 0.29) is 12.0 Å². The fraction of sp³-hybridized carbons (Fsp3) is 0.368. The molecule has 0 aliphatic carbocycles. The zero-order chi connectivity index (χ0) is 19.3. The van der Waals surface area contributed by atoms with Gasteiger partial charge in [-0.15, -0.1) is 0 Å². The lowest BCUT2D eigenvalue weighted by Crippen LogP contribution is -2.40. The molecule has 0 radical (unpaired) electrons. The molecule has 0 atom stereocenters. The number of imidazole rings is 1. The van der Waals surface area contributed by atoms with E-state index < -0.39 is 0 Å². The lowest BCUT2D eigenvalue weighted by Gasteiger charge is -2.31. The summed E-state index contributed by atoms with van der Waals surface area (Å²) in [6.45, 7) is 2.41. The smallest absolute Gasteiger partial charge is 0.410 e. The van der Waals surface area contributed by atoms with Gasteiger partial charge in [0.2, 0.25) is 5.95 Å². The van der Waals surface area contributed by atoms with Crippen LogP contribution in [0.5, 0.6) is 0 Å². The van der Waals surface area contributed by atoms with Crippen LogP contribution < -0.4 is 11.1 Å². The fourth-order valence-electron chi connectivity index (χ4n) is 3.35. The lowest BCUT2D eigenvalue weighted by molar-refractivity contribution is 0.0832. The van der Waals surface area contributed by atoms with Gasteiger partial charge < -0.3 is 25.7 Å². The SMILES string of the molecule is Nc1nc(NCC2CCN(C(=O)OCc3ccccc3)CC2)c2nc[nH]c2n1. The number of ether oxygens (including phenoxy) is 1. The van der Waals surface area contributed by atoms with Crippen LogP contribution in [0, 0.1) is 5.92 Å². The summed E-state index contributed by atoms with van der Waals surface area (Å²) in [6, 6.07) is 9.70. The van der Waals surface area contributed by atoms with Crippen LogP contribution in [0.25, 0.3) is 11.2 Å². The highest BCUT2D eigenvalue weighted by Gasteiger charge is 2.24. The van der Waals surface area contributed by atoms with Crippen molar-refractivity contribution >= 4 is 29.0 Å². The number of hydrogen-bond acceptors (Lipinski definition) is 7. The minimum Gasteiger partial charge on any atom is -0.445 e. The van der Waals surface area contributed by atoms with Crippen molar-refractivity contribution in [1.29, 1.82) is 0 Å². The fourth-order valence-corrected chi connectivity index (χ4v) is 3.35. The first-order valence-corrected chi connectivity index (χ1v) is 9.35. The van der Waals surface area contributed by atoms with Crippen molar-refractivity contribution in [2.24, 2.45) is 5.92 Å². The maximum atomic E-state index is 12.3. The van der Waals surface area contributed by atoms with Crippen LogP contribution in [0.4, 0.5) is 16.6 Å². The average molecular weight is 381 g/mol. The molecule has 0 saturated carbocycles. The minimum atomic E-state index is -0.253. The van der Waals surface area contributed by atoms with Gasteiger partial charge in [0.05, 0.1) is 6.33 Å². The number of carbonyl (C=O) groups excluding carboxylic acids is 1. The molecule has 28 heavy (non-hydrogen) atoms. The molecule has 3 aromatic rings. The van der Waals surface area contributed by atoms with E-state index in [1.54, 1.807) is 11.2 Å². The molecular formula is C19H23N7O2. The summed E-state index contributed by atoms with van der Waals surface area (Å²) in [6.07, 6.45) is 3.12. The molecule has 0 bridgehead atoms. The standard InChI is InChI=1S/C19H23N7O2/c20-18-24-16(15-17(25-18)23-12-22-15)21-10-13-6-8-26(9-7-13)19(27)28-11-14-4-2-1-3-5-14/h1-5,12-13H,6-11H2,(H4,20,21,22,23,24,25). The highest BCUT2D eigenvalue weighted by molar-refractivity contribution is 5.83. The Morgan fingerprint density at radius 1 is 1.25 bits per heavy atom. The Morgan fingerprint density at radius 2 is 2.04 bits per heavy atom. The van der Waals surface area contributed by atoms with Crippen LogP contribution in [0.15, 0.2) is 36.7 Å². The highest BCUT2D eigenvalue weighted by atomic mass is 16.6. The molecular weight excluding hydrogens is 358 g/mol. The van der Waals surface area contributed by atoms with E-state index in [2.05, 4.69) is 25.3 Å². The number of nitrogens with zero attached hydrogens (tertiary/aromatic N) is 4. The van der Waals surface area contributed by atoms with Gasteiger partial charge in [0.1, 0.15) is 12.1 Å². The van der Waals surface area contributed by atoms with Crippen molar-refractivity contribution in [1.82, 2.24) is 24.8 Å². The zero-order valence-electron chi connectivity index (χ0n) is 15.5. The van der Waals surface area contributed by atoms with E-state index in [0.29, 0.717) is 42.6 Å². The Labute approximate surface area is 162 Å². The summed E-state index contributed by atoms with van der Waals surface area (Å²) in [5.41, 5.74) is 8.03. The van der Waals surface area contributed by atoms with Crippen LogP contribution in [0.3, 0.4) is 0 Å². The summed E-state index contributed by atoms with van der Waals surface area (Å²) in [4.78, 5) is 29.6. The van der Waals surface area contributed by atoms with Gasteiger partial charge in [-0.1, -0.05) is 30.3 Å². The Kier molecular flexibility index (Phi) is 5.22. The number of anilines is 2. The number of carbonyl (C=O) groups is 1. The van der Waals surface area contributed by atoms with Gasteiger partial charge in [-0.05, 0) is 24.3 Å². The number of nitrogens with one attached hydrogen (secondary N) is 2. The number of aromatic nitrogens is 4. The summed E-state index contributed by atoms with van der Waals surface area (Å²) in [5, 5.41) is 3.33. The molecule has 1 fully saturated rings. The van der Waals surface area contributed by atoms with Crippen LogP contribution in [-0.4, -0.2) is 50.6 Å². The number of hydrogen-bond donors (Lipinski definition) is 3. The van der Waals surface area contributed by atoms with Crippen LogP contribution >= 0.6 is 0 Å². The molecule has 9 nitrogen and oxygen atoms in total. The van der Waals surface area contributed by atoms with Crippen molar-refractivity contribution in [3.8, 4) is 0 Å². The summed E-state index contributed by atoms with van der Waals surface area (Å²) in [5.74, 6) is 1.27. The number of nitrogens with two attached hydrogens (primary N) is 1. The maximum absolute atomic E-state index is 12.3. The Hall–Kier alpha value is -3.36. The number of aromatic amines is 1.